The van der Waals surface area contributed by atoms with Crippen LogP contribution < -0.4 is 0 Å². The normalized spacial score (nSPS) is 24.1. The number of carbonyl (C=O) groups excluding carboxylic acids is 1. The van der Waals surface area contributed by atoms with Gasteiger partial charge in [-0.1, -0.05) is 30.3 Å². The van der Waals surface area contributed by atoms with Crippen LogP contribution in [0.25, 0.3) is 0 Å². The highest BCUT2D eigenvalue weighted by molar-refractivity contribution is 5.73. The number of likely N-dealkylation sites (tertiary alicyclic amines) is 1. The van der Waals surface area contributed by atoms with Gasteiger partial charge in [0.1, 0.15) is 0 Å². The number of nitrogens with zero attached hydrogens (tertiary/aromatic N) is 1. The van der Waals surface area contributed by atoms with E-state index in [1.54, 1.807) is 6.92 Å². The quantitative estimate of drug-likeness (QED) is 0.810. The van der Waals surface area contributed by atoms with E-state index in [0.717, 1.165) is 6.54 Å². The fraction of sp³-hybridized carbons (Fsp3) is 0.500. The minimum Gasteiger partial charge on any atom is -0.466 e. The Balaban J connectivity index is 1.92. The van der Waals surface area contributed by atoms with Crippen LogP contribution in [0, 0.1) is 5.92 Å². The number of aliphatic hydroxyl groups excluding tert-OH is 1. The molecule has 98 valence electrons. The van der Waals surface area contributed by atoms with Gasteiger partial charge in [0.2, 0.25) is 0 Å². The van der Waals surface area contributed by atoms with Crippen molar-refractivity contribution in [1.29, 1.82) is 0 Å². The number of β-amino-alcohol motifs (C(OH)–C–C–N with tert-alkyl or cyclic N) is 1. The molecule has 0 aliphatic carbocycles. The number of carbonyl (C=O) groups is 1. The van der Waals surface area contributed by atoms with E-state index in [9.17, 15) is 9.90 Å². The predicted molar refractivity (Wildman–Crippen MR) is 67.8 cm³/mol. The van der Waals surface area contributed by atoms with Crippen molar-refractivity contribution < 1.29 is 14.6 Å². The molecule has 0 amide bonds. The Labute approximate surface area is 107 Å². The molecule has 0 saturated carbocycles. The minimum atomic E-state index is -0.618. The summed E-state index contributed by atoms with van der Waals surface area (Å²) in [6.07, 6.45) is -0.618. The predicted octanol–water partition coefficient (Wildman–Crippen LogP) is 1.04. The van der Waals surface area contributed by atoms with E-state index in [2.05, 4.69) is 4.90 Å². The van der Waals surface area contributed by atoms with Crippen LogP contribution in [-0.4, -0.2) is 41.8 Å². The van der Waals surface area contributed by atoms with Crippen LogP contribution in [-0.2, 0) is 16.1 Å². The molecule has 0 radical (unpaired) electrons. The molecule has 18 heavy (non-hydrogen) atoms. The molecule has 1 heterocycles. The molecule has 0 aromatic heterocycles. The number of ether oxygens (including phenoxy) is 1. The van der Waals surface area contributed by atoms with Gasteiger partial charge in [-0.3, -0.25) is 9.69 Å². The summed E-state index contributed by atoms with van der Waals surface area (Å²) in [5, 5.41) is 9.89. The maximum Gasteiger partial charge on any atom is 0.312 e. The molecule has 1 aromatic rings. The molecule has 4 nitrogen and oxygen atoms in total. The lowest BCUT2D eigenvalue weighted by Gasteiger charge is -2.15. The summed E-state index contributed by atoms with van der Waals surface area (Å²) >= 11 is 0. The van der Waals surface area contributed by atoms with Gasteiger partial charge in [0.05, 0.1) is 18.6 Å². The first kappa shape index (κ1) is 13.1. The number of benzene rings is 1. The van der Waals surface area contributed by atoms with Gasteiger partial charge in [0.25, 0.3) is 0 Å². The first-order valence-corrected chi connectivity index (χ1v) is 6.31. The van der Waals surface area contributed by atoms with Crippen molar-refractivity contribution in [2.75, 3.05) is 19.7 Å². The lowest BCUT2D eigenvalue weighted by Crippen LogP contribution is -2.28. The van der Waals surface area contributed by atoms with Crippen molar-refractivity contribution in [3.63, 3.8) is 0 Å². The molecule has 2 rings (SSSR count). The second-order valence-corrected chi connectivity index (χ2v) is 4.61. The summed E-state index contributed by atoms with van der Waals surface area (Å²) in [5.41, 5.74) is 1.19. The second-order valence-electron chi connectivity index (χ2n) is 4.61. The largest absolute Gasteiger partial charge is 0.466 e. The van der Waals surface area contributed by atoms with Gasteiger partial charge in [-0.15, -0.1) is 0 Å². The highest BCUT2D eigenvalue weighted by Gasteiger charge is 2.37. The fourth-order valence-electron chi connectivity index (χ4n) is 2.32. The lowest BCUT2D eigenvalue weighted by molar-refractivity contribution is -0.150. The number of hydrogen-bond acceptors (Lipinski definition) is 4. The maximum atomic E-state index is 11.6. The molecule has 1 aliphatic heterocycles. The summed E-state index contributed by atoms with van der Waals surface area (Å²) in [6, 6.07) is 10.0. The highest BCUT2D eigenvalue weighted by atomic mass is 16.5. The monoisotopic (exact) mass is 249 g/mol. The third-order valence-electron chi connectivity index (χ3n) is 3.20. The van der Waals surface area contributed by atoms with E-state index in [4.69, 9.17) is 4.74 Å². The first-order valence-electron chi connectivity index (χ1n) is 6.31. The Bertz CT molecular complexity index is 393. The first-order chi connectivity index (χ1) is 8.70. The molecule has 2 unspecified atom stereocenters. The molecule has 0 bridgehead atoms. The lowest BCUT2D eigenvalue weighted by atomic mass is 10.1. The van der Waals surface area contributed by atoms with E-state index in [1.165, 1.54) is 5.56 Å². The Morgan fingerprint density at radius 2 is 2.11 bits per heavy atom. The van der Waals surface area contributed by atoms with Gasteiger partial charge < -0.3 is 9.84 Å². The van der Waals surface area contributed by atoms with E-state index < -0.39 is 12.0 Å². The molecule has 2 atom stereocenters. The van der Waals surface area contributed by atoms with Crippen molar-refractivity contribution in [3.8, 4) is 0 Å². The Morgan fingerprint density at radius 1 is 1.39 bits per heavy atom. The fourth-order valence-corrected chi connectivity index (χ4v) is 2.32. The minimum absolute atomic E-state index is 0.291. The van der Waals surface area contributed by atoms with Crippen LogP contribution in [0.4, 0.5) is 0 Å². The molecule has 1 fully saturated rings. The van der Waals surface area contributed by atoms with E-state index in [1.807, 2.05) is 30.3 Å². The number of hydrogen-bond donors (Lipinski definition) is 1. The molecule has 0 spiro atoms. The summed E-state index contributed by atoms with van der Waals surface area (Å²) < 4.78 is 4.97. The summed E-state index contributed by atoms with van der Waals surface area (Å²) in [6.45, 7) is 3.99. The molecule has 1 aromatic carbocycles. The standard InChI is InChI=1S/C14H19NO3/c1-2-18-14(17)12-9-15(10-13(12)16)8-11-6-4-3-5-7-11/h3-7,12-13,16H,2,8-10H2,1H3. The average Bonchev–Trinajstić information content (AvgIpc) is 2.72. The molecule has 1 N–H and O–H groups in total. The number of esters is 1. The van der Waals surface area contributed by atoms with E-state index >= 15 is 0 Å². The summed E-state index contributed by atoms with van der Waals surface area (Å²) in [5.74, 6) is -0.700. The van der Waals surface area contributed by atoms with Gasteiger partial charge in [-0.25, -0.2) is 0 Å². The van der Waals surface area contributed by atoms with Crippen LogP contribution in [0.1, 0.15) is 12.5 Å². The number of aliphatic hydroxyl groups is 1. The van der Waals surface area contributed by atoms with Crippen molar-refractivity contribution >= 4 is 5.97 Å². The Hall–Kier alpha value is -1.39. The van der Waals surface area contributed by atoms with Crippen molar-refractivity contribution in [3.05, 3.63) is 35.9 Å². The third-order valence-corrected chi connectivity index (χ3v) is 3.20. The van der Waals surface area contributed by atoms with Crippen LogP contribution >= 0.6 is 0 Å². The van der Waals surface area contributed by atoms with Gasteiger partial charge in [-0.05, 0) is 12.5 Å². The molecule has 4 heteroatoms. The van der Waals surface area contributed by atoms with Gasteiger partial charge in [0.15, 0.2) is 0 Å². The van der Waals surface area contributed by atoms with Crippen molar-refractivity contribution in [2.24, 2.45) is 5.92 Å². The zero-order chi connectivity index (χ0) is 13.0. The topological polar surface area (TPSA) is 49.8 Å². The van der Waals surface area contributed by atoms with Crippen molar-refractivity contribution in [1.82, 2.24) is 4.90 Å². The maximum absolute atomic E-state index is 11.6. The van der Waals surface area contributed by atoms with Crippen LogP contribution in [0.3, 0.4) is 0 Å². The highest BCUT2D eigenvalue weighted by Crippen LogP contribution is 2.20. The summed E-state index contributed by atoms with van der Waals surface area (Å²) in [4.78, 5) is 13.7. The molecular formula is C14H19NO3. The average molecular weight is 249 g/mol. The smallest absolute Gasteiger partial charge is 0.312 e. The van der Waals surface area contributed by atoms with E-state index in [-0.39, 0.29) is 5.97 Å². The van der Waals surface area contributed by atoms with Gasteiger partial charge >= 0.3 is 5.97 Å². The number of rotatable bonds is 4. The molecule has 1 aliphatic rings. The van der Waals surface area contributed by atoms with Gasteiger partial charge in [-0.2, -0.15) is 0 Å². The van der Waals surface area contributed by atoms with Crippen LogP contribution in [0.15, 0.2) is 30.3 Å². The SMILES string of the molecule is CCOC(=O)C1CN(Cc2ccccc2)CC1O. The second kappa shape index (κ2) is 5.98. The Morgan fingerprint density at radius 3 is 2.78 bits per heavy atom. The zero-order valence-electron chi connectivity index (χ0n) is 10.6. The molecule has 1 saturated heterocycles. The molecular weight excluding hydrogens is 230 g/mol. The zero-order valence-corrected chi connectivity index (χ0v) is 10.6. The Kier molecular flexibility index (Phi) is 4.33. The third kappa shape index (κ3) is 3.09. The summed E-state index contributed by atoms with van der Waals surface area (Å²) in [7, 11) is 0. The van der Waals surface area contributed by atoms with Crippen molar-refractivity contribution in [2.45, 2.75) is 19.6 Å². The van der Waals surface area contributed by atoms with Crippen LogP contribution in [0.5, 0.6) is 0 Å². The van der Waals surface area contributed by atoms with Crippen LogP contribution in [0.2, 0.25) is 0 Å². The van der Waals surface area contributed by atoms with Gasteiger partial charge in [0, 0.05) is 19.6 Å². The van der Waals surface area contributed by atoms with E-state index in [0.29, 0.717) is 19.7 Å².